The van der Waals surface area contributed by atoms with Crippen molar-refractivity contribution in [3.8, 4) is 0 Å². The highest BCUT2D eigenvalue weighted by molar-refractivity contribution is 7.16. The van der Waals surface area contributed by atoms with Gasteiger partial charge < -0.3 is 0 Å². The predicted molar refractivity (Wildman–Crippen MR) is 44.3 cm³/mol. The molecule has 0 bridgehead atoms. The minimum atomic E-state index is -0.164. The summed E-state index contributed by atoms with van der Waals surface area (Å²) < 4.78 is 13.7. The molecular weight excluding hydrogens is 161 g/mol. The lowest BCUT2D eigenvalue weighted by Gasteiger charge is -1.92. The first kappa shape index (κ1) is 6.73. The van der Waals surface area contributed by atoms with Crippen molar-refractivity contribution in [3.63, 3.8) is 0 Å². The zero-order chi connectivity index (χ0) is 7.84. The van der Waals surface area contributed by atoms with Gasteiger partial charge in [0.15, 0.2) is 0 Å². The second-order valence-corrected chi connectivity index (χ2v) is 3.30. The van der Waals surface area contributed by atoms with Crippen LogP contribution in [-0.4, -0.2) is 4.98 Å². The topological polar surface area (TPSA) is 12.9 Å². The van der Waals surface area contributed by atoms with E-state index in [9.17, 15) is 4.39 Å². The summed E-state index contributed by atoms with van der Waals surface area (Å²) in [5, 5.41) is 0. The molecule has 1 nitrogen and oxygen atoms in total. The third-order valence-corrected chi connectivity index (χ3v) is 2.38. The molecule has 0 aliphatic heterocycles. The van der Waals surface area contributed by atoms with Crippen molar-refractivity contribution in [2.75, 3.05) is 0 Å². The number of benzene rings is 1. The standard InChI is InChI=1S/C8H6FNS/c1-5-2-6(9)8-7(3-5)10-4-11-8/h2-4H,1H3. The van der Waals surface area contributed by atoms with E-state index in [1.165, 1.54) is 17.4 Å². The predicted octanol–water partition coefficient (Wildman–Crippen LogP) is 2.74. The van der Waals surface area contributed by atoms with Crippen LogP contribution in [0, 0.1) is 12.7 Å². The van der Waals surface area contributed by atoms with Crippen molar-refractivity contribution in [2.24, 2.45) is 0 Å². The molecule has 0 unspecified atom stereocenters. The lowest BCUT2D eigenvalue weighted by molar-refractivity contribution is 0.640. The molecule has 0 aliphatic carbocycles. The molecule has 1 heterocycles. The summed E-state index contributed by atoms with van der Waals surface area (Å²) in [7, 11) is 0. The fraction of sp³-hybridized carbons (Fsp3) is 0.125. The summed E-state index contributed by atoms with van der Waals surface area (Å²) in [5.74, 6) is -0.164. The zero-order valence-electron chi connectivity index (χ0n) is 5.97. The molecule has 0 amide bonds. The van der Waals surface area contributed by atoms with Crippen LogP contribution in [0.4, 0.5) is 4.39 Å². The summed E-state index contributed by atoms with van der Waals surface area (Å²) in [6.07, 6.45) is 0. The van der Waals surface area contributed by atoms with Gasteiger partial charge in [0.2, 0.25) is 0 Å². The van der Waals surface area contributed by atoms with Crippen molar-refractivity contribution < 1.29 is 4.39 Å². The molecule has 0 radical (unpaired) electrons. The first-order chi connectivity index (χ1) is 5.27. The van der Waals surface area contributed by atoms with Gasteiger partial charge in [0.25, 0.3) is 0 Å². The highest BCUT2D eigenvalue weighted by Gasteiger charge is 2.02. The Hall–Kier alpha value is -0.960. The Labute approximate surface area is 67.5 Å². The van der Waals surface area contributed by atoms with Gasteiger partial charge in [-0.15, -0.1) is 11.3 Å². The molecule has 0 N–H and O–H groups in total. The van der Waals surface area contributed by atoms with Crippen molar-refractivity contribution in [1.82, 2.24) is 4.98 Å². The summed E-state index contributed by atoms with van der Waals surface area (Å²) in [6, 6.07) is 3.41. The van der Waals surface area contributed by atoms with Gasteiger partial charge in [-0.1, -0.05) is 0 Å². The van der Waals surface area contributed by atoms with Crippen LogP contribution in [0.1, 0.15) is 5.56 Å². The van der Waals surface area contributed by atoms with Gasteiger partial charge in [0, 0.05) is 0 Å². The smallest absolute Gasteiger partial charge is 0.142 e. The molecule has 1 aromatic heterocycles. The van der Waals surface area contributed by atoms with E-state index in [0.717, 1.165) is 11.1 Å². The third-order valence-electron chi connectivity index (χ3n) is 1.53. The Morgan fingerprint density at radius 3 is 3.09 bits per heavy atom. The number of hydrogen-bond donors (Lipinski definition) is 0. The monoisotopic (exact) mass is 167 g/mol. The fourth-order valence-electron chi connectivity index (χ4n) is 1.06. The summed E-state index contributed by atoms with van der Waals surface area (Å²) >= 11 is 1.34. The van der Waals surface area contributed by atoms with E-state index in [2.05, 4.69) is 4.98 Å². The number of rotatable bonds is 0. The Bertz CT molecular complexity index is 394. The second-order valence-electron chi connectivity index (χ2n) is 2.45. The Balaban J connectivity index is 2.91. The van der Waals surface area contributed by atoms with E-state index in [-0.39, 0.29) is 5.82 Å². The molecule has 1 aromatic carbocycles. The number of nitrogens with zero attached hydrogens (tertiary/aromatic N) is 1. The second kappa shape index (κ2) is 2.27. The third kappa shape index (κ3) is 1.01. The number of thiazole rings is 1. The molecule has 0 saturated heterocycles. The van der Waals surface area contributed by atoms with Gasteiger partial charge in [0.05, 0.1) is 15.7 Å². The maximum atomic E-state index is 13.1. The van der Waals surface area contributed by atoms with Crippen LogP contribution in [0.25, 0.3) is 10.2 Å². The number of fused-ring (bicyclic) bond motifs is 1. The van der Waals surface area contributed by atoms with Gasteiger partial charge in [-0.05, 0) is 24.6 Å². The van der Waals surface area contributed by atoms with E-state index >= 15 is 0 Å². The molecule has 2 rings (SSSR count). The Morgan fingerprint density at radius 2 is 2.27 bits per heavy atom. The highest BCUT2D eigenvalue weighted by atomic mass is 32.1. The first-order valence-corrected chi connectivity index (χ1v) is 4.14. The maximum absolute atomic E-state index is 13.1. The normalized spacial score (nSPS) is 10.7. The van der Waals surface area contributed by atoms with E-state index in [4.69, 9.17) is 0 Å². The van der Waals surface area contributed by atoms with Gasteiger partial charge >= 0.3 is 0 Å². The van der Waals surface area contributed by atoms with Gasteiger partial charge in [-0.25, -0.2) is 9.37 Å². The first-order valence-electron chi connectivity index (χ1n) is 3.27. The van der Waals surface area contributed by atoms with Gasteiger partial charge in [-0.2, -0.15) is 0 Å². The van der Waals surface area contributed by atoms with Crippen LogP contribution in [0.15, 0.2) is 17.6 Å². The molecule has 3 heteroatoms. The molecular formula is C8H6FNS. The number of hydrogen-bond acceptors (Lipinski definition) is 2. The van der Waals surface area contributed by atoms with Gasteiger partial charge in [-0.3, -0.25) is 0 Å². The van der Waals surface area contributed by atoms with Crippen molar-refractivity contribution in [2.45, 2.75) is 6.92 Å². The lowest BCUT2D eigenvalue weighted by atomic mass is 10.2. The van der Waals surface area contributed by atoms with Crippen LogP contribution >= 0.6 is 11.3 Å². The van der Waals surface area contributed by atoms with Crippen LogP contribution < -0.4 is 0 Å². The minimum Gasteiger partial charge on any atom is -0.245 e. The molecule has 0 saturated carbocycles. The van der Waals surface area contributed by atoms with E-state index < -0.39 is 0 Å². The molecule has 2 aromatic rings. The molecule has 0 atom stereocenters. The van der Waals surface area contributed by atoms with E-state index in [1.807, 2.05) is 13.0 Å². The van der Waals surface area contributed by atoms with Crippen LogP contribution in [0.3, 0.4) is 0 Å². The van der Waals surface area contributed by atoms with E-state index in [0.29, 0.717) is 4.70 Å². The van der Waals surface area contributed by atoms with Crippen molar-refractivity contribution in [3.05, 3.63) is 29.0 Å². The molecule has 0 fully saturated rings. The quantitative estimate of drug-likeness (QED) is 0.588. The van der Waals surface area contributed by atoms with Crippen LogP contribution in [-0.2, 0) is 0 Å². The number of aryl methyl sites for hydroxylation is 1. The van der Waals surface area contributed by atoms with Gasteiger partial charge in [0.1, 0.15) is 5.82 Å². The van der Waals surface area contributed by atoms with Crippen LogP contribution in [0.5, 0.6) is 0 Å². The fourth-order valence-corrected chi connectivity index (χ4v) is 1.73. The average Bonchev–Trinajstić information content (AvgIpc) is 2.34. The Morgan fingerprint density at radius 1 is 1.45 bits per heavy atom. The summed E-state index contributed by atoms with van der Waals surface area (Å²) in [6.45, 7) is 1.86. The van der Waals surface area contributed by atoms with Crippen molar-refractivity contribution in [1.29, 1.82) is 0 Å². The molecule has 56 valence electrons. The number of aromatic nitrogens is 1. The van der Waals surface area contributed by atoms with Crippen LogP contribution in [0.2, 0.25) is 0 Å². The largest absolute Gasteiger partial charge is 0.245 e. The summed E-state index contributed by atoms with van der Waals surface area (Å²) in [5.41, 5.74) is 3.33. The molecule has 11 heavy (non-hydrogen) atoms. The molecule has 0 spiro atoms. The molecule has 0 aliphatic rings. The van der Waals surface area contributed by atoms with Crippen molar-refractivity contribution >= 4 is 21.6 Å². The van der Waals surface area contributed by atoms with E-state index in [1.54, 1.807) is 5.51 Å². The Kier molecular flexibility index (Phi) is 1.39. The highest BCUT2D eigenvalue weighted by Crippen LogP contribution is 2.22. The maximum Gasteiger partial charge on any atom is 0.142 e. The lowest BCUT2D eigenvalue weighted by Crippen LogP contribution is -1.77. The number of halogens is 1. The average molecular weight is 167 g/mol. The zero-order valence-corrected chi connectivity index (χ0v) is 6.78. The SMILES string of the molecule is Cc1cc(F)c2scnc2c1. The minimum absolute atomic E-state index is 0.164. The summed E-state index contributed by atoms with van der Waals surface area (Å²) in [4.78, 5) is 4.02.